The fourth-order valence-electron chi connectivity index (χ4n) is 1.62. The first kappa shape index (κ1) is 11.4. The molecular formula is C15H15NO. The lowest BCUT2D eigenvalue weighted by molar-refractivity contribution is 0.778. The summed E-state index contributed by atoms with van der Waals surface area (Å²) in [6.07, 6.45) is 5.84. The van der Waals surface area contributed by atoms with E-state index in [-0.39, 0.29) is 5.56 Å². The second kappa shape index (κ2) is 5.30. The molecule has 0 spiro atoms. The number of nitrogens with zero attached hydrogens (tertiary/aromatic N) is 1. The maximum atomic E-state index is 11.6. The van der Waals surface area contributed by atoms with E-state index >= 15 is 0 Å². The molecule has 2 nitrogen and oxygen atoms in total. The van der Waals surface area contributed by atoms with Gasteiger partial charge in [-0.3, -0.25) is 4.79 Å². The molecule has 86 valence electrons. The van der Waals surface area contributed by atoms with Crippen molar-refractivity contribution >= 4 is 6.08 Å². The van der Waals surface area contributed by atoms with Crippen molar-refractivity contribution in [3.63, 3.8) is 0 Å². The highest BCUT2D eigenvalue weighted by atomic mass is 16.1. The van der Waals surface area contributed by atoms with Gasteiger partial charge in [0.05, 0.1) is 0 Å². The second-order valence-corrected chi connectivity index (χ2v) is 4.01. The molecule has 2 heteroatoms. The molecule has 1 heterocycles. The zero-order valence-corrected chi connectivity index (χ0v) is 9.84. The van der Waals surface area contributed by atoms with Gasteiger partial charge in [-0.1, -0.05) is 42.5 Å². The van der Waals surface area contributed by atoms with Gasteiger partial charge in [-0.15, -0.1) is 0 Å². The summed E-state index contributed by atoms with van der Waals surface area (Å²) in [6, 6.07) is 13.6. The van der Waals surface area contributed by atoms with Crippen LogP contribution in [0.25, 0.3) is 6.08 Å². The first-order chi connectivity index (χ1) is 8.25. The number of rotatable bonds is 3. The van der Waals surface area contributed by atoms with Gasteiger partial charge in [0.15, 0.2) is 0 Å². The summed E-state index contributed by atoms with van der Waals surface area (Å²) in [7, 11) is 0. The predicted octanol–water partition coefficient (Wildman–Crippen LogP) is 2.87. The number of hydrogen-bond acceptors (Lipinski definition) is 1. The normalized spacial score (nSPS) is 10.9. The Labute approximate surface area is 101 Å². The topological polar surface area (TPSA) is 22.0 Å². The molecule has 0 saturated carbocycles. The van der Waals surface area contributed by atoms with Crippen LogP contribution in [0, 0.1) is 6.92 Å². The summed E-state index contributed by atoms with van der Waals surface area (Å²) in [5, 5.41) is 0. The zero-order valence-electron chi connectivity index (χ0n) is 9.84. The number of hydrogen-bond donors (Lipinski definition) is 0. The minimum Gasteiger partial charge on any atom is -0.312 e. The largest absolute Gasteiger partial charge is 0.312 e. The number of aryl methyl sites for hydroxylation is 1. The van der Waals surface area contributed by atoms with Crippen molar-refractivity contribution in [2.75, 3.05) is 0 Å². The minimum atomic E-state index is 0.0442. The van der Waals surface area contributed by atoms with Crippen molar-refractivity contribution < 1.29 is 0 Å². The van der Waals surface area contributed by atoms with Crippen LogP contribution in [0.3, 0.4) is 0 Å². The number of benzene rings is 1. The van der Waals surface area contributed by atoms with Crippen molar-refractivity contribution in [3.8, 4) is 0 Å². The van der Waals surface area contributed by atoms with Crippen molar-refractivity contribution in [1.82, 2.24) is 4.57 Å². The van der Waals surface area contributed by atoms with Gasteiger partial charge in [0.25, 0.3) is 5.56 Å². The lowest BCUT2D eigenvalue weighted by Crippen LogP contribution is -2.17. The molecule has 0 bridgehead atoms. The summed E-state index contributed by atoms with van der Waals surface area (Å²) in [5.74, 6) is 0. The Morgan fingerprint density at radius 3 is 2.65 bits per heavy atom. The quantitative estimate of drug-likeness (QED) is 0.787. The van der Waals surface area contributed by atoms with Crippen LogP contribution < -0.4 is 5.56 Å². The zero-order chi connectivity index (χ0) is 12.1. The molecule has 0 aliphatic rings. The van der Waals surface area contributed by atoms with Crippen LogP contribution in [0.5, 0.6) is 0 Å². The summed E-state index contributed by atoms with van der Waals surface area (Å²) in [6.45, 7) is 2.53. The summed E-state index contributed by atoms with van der Waals surface area (Å²) >= 11 is 0. The molecule has 17 heavy (non-hydrogen) atoms. The van der Waals surface area contributed by atoms with Gasteiger partial charge in [-0.2, -0.15) is 0 Å². The molecule has 0 saturated heterocycles. The Morgan fingerprint density at radius 2 is 1.94 bits per heavy atom. The molecule has 0 aliphatic carbocycles. The van der Waals surface area contributed by atoms with E-state index in [2.05, 4.69) is 0 Å². The smallest absolute Gasteiger partial charge is 0.251 e. The van der Waals surface area contributed by atoms with Crippen LogP contribution in [-0.2, 0) is 6.54 Å². The van der Waals surface area contributed by atoms with Gasteiger partial charge >= 0.3 is 0 Å². The van der Waals surface area contributed by atoms with Crippen molar-refractivity contribution in [3.05, 3.63) is 76.2 Å². The molecule has 0 amide bonds. The van der Waals surface area contributed by atoms with E-state index in [9.17, 15) is 4.79 Å². The molecule has 0 unspecified atom stereocenters. The van der Waals surface area contributed by atoms with Gasteiger partial charge in [0, 0.05) is 18.8 Å². The molecule has 0 atom stereocenters. The Bertz CT molecular complexity index is 567. The highest BCUT2D eigenvalue weighted by molar-refractivity contribution is 5.48. The van der Waals surface area contributed by atoms with Crippen LogP contribution in [0.1, 0.15) is 11.1 Å². The van der Waals surface area contributed by atoms with E-state index in [1.807, 2.05) is 61.7 Å². The molecule has 1 aromatic carbocycles. The first-order valence-corrected chi connectivity index (χ1v) is 5.64. The van der Waals surface area contributed by atoms with E-state index in [1.165, 1.54) is 0 Å². The third-order valence-electron chi connectivity index (χ3n) is 2.56. The van der Waals surface area contributed by atoms with Crippen LogP contribution in [-0.4, -0.2) is 4.57 Å². The van der Waals surface area contributed by atoms with E-state index in [0.29, 0.717) is 6.54 Å². The molecule has 0 aliphatic heterocycles. The Morgan fingerprint density at radius 1 is 1.18 bits per heavy atom. The fourth-order valence-corrected chi connectivity index (χ4v) is 1.62. The van der Waals surface area contributed by atoms with Gasteiger partial charge in [-0.25, -0.2) is 0 Å². The summed E-state index contributed by atoms with van der Waals surface area (Å²) in [5.41, 5.74) is 2.19. The fraction of sp³-hybridized carbons (Fsp3) is 0.133. The maximum Gasteiger partial charge on any atom is 0.251 e. The van der Waals surface area contributed by atoms with Gasteiger partial charge in [-0.05, 0) is 24.1 Å². The summed E-state index contributed by atoms with van der Waals surface area (Å²) < 4.78 is 1.69. The van der Waals surface area contributed by atoms with Gasteiger partial charge < -0.3 is 4.57 Å². The molecule has 0 N–H and O–H groups in total. The van der Waals surface area contributed by atoms with Crippen LogP contribution in [0.4, 0.5) is 0 Å². The molecule has 2 aromatic rings. The van der Waals surface area contributed by atoms with E-state index < -0.39 is 0 Å². The van der Waals surface area contributed by atoms with E-state index in [1.54, 1.807) is 10.6 Å². The highest BCUT2D eigenvalue weighted by Gasteiger charge is 1.92. The third kappa shape index (κ3) is 3.18. The minimum absolute atomic E-state index is 0.0442. The molecule has 0 fully saturated rings. The van der Waals surface area contributed by atoms with Gasteiger partial charge in [0.2, 0.25) is 0 Å². The molecule has 1 aromatic heterocycles. The van der Waals surface area contributed by atoms with E-state index in [4.69, 9.17) is 0 Å². The van der Waals surface area contributed by atoms with Crippen molar-refractivity contribution in [2.24, 2.45) is 0 Å². The number of allylic oxidation sites excluding steroid dienone is 1. The molecule has 0 radical (unpaired) electrons. The van der Waals surface area contributed by atoms with Crippen LogP contribution in [0.2, 0.25) is 0 Å². The maximum absolute atomic E-state index is 11.6. The monoisotopic (exact) mass is 225 g/mol. The van der Waals surface area contributed by atoms with Crippen molar-refractivity contribution in [1.29, 1.82) is 0 Å². The van der Waals surface area contributed by atoms with Crippen LogP contribution >= 0.6 is 0 Å². The molecule has 2 rings (SSSR count). The second-order valence-electron chi connectivity index (χ2n) is 4.01. The number of pyridine rings is 1. The Hall–Kier alpha value is -2.09. The van der Waals surface area contributed by atoms with Crippen LogP contribution in [0.15, 0.2) is 59.5 Å². The standard InChI is InChI=1S/C15H15NO/c1-13-9-11-16(15(17)12-13)10-5-8-14-6-3-2-4-7-14/h2-9,11-12H,10H2,1H3. The Balaban J connectivity index is 2.08. The van der Waals surface area contributed by atoms with Gasteiger partial charge in [0.1, 0.15) is 0 Å². The Kier molecular flexibility index (Phi) is 3.55. The SMILES string of the molecule is Cc1ccn(CC=Cc2ccccc2)c(=O)c1. The third-order valence-corrected chi connectivity index (χ3v) is 2.56. The molecular weight excluding hydrogens is 210 g/mol. The van der Waals surface area contributed by atoms with E-state index in [0.717, 1.165) is 11.1 Å². The first-order valence-electron chi connectivity index (χ1n) is 5.64. The van der Waals surface area contributed by atoms with Crippen molar-refractivity contribution in [2.45, 2.75) is 13.5 Å². The average Bonchev–Trinajstić information content (AvgIpc) is 2.33. The lowest BCUT2D eigenvalue weighted by Gasteiger charge is -2.01. The average molecular weight is 225 g/mol. The number of aromatic nitrogens is 1. The summed E-state index contributed by atoms with van der Waals surface area (Å²) in [4.78, 5) is 11.6. The highest BCUT2D eigenvalue weighted by Crippen LogP contribution is 2.01. The predicted molar refractivity (Wildman–Crippen MR) is 70.9 cm³/mol. The lowest BCUT2D eigenvalue weighted by atomic mass is 10.2.